The van der Waals surface area contributed by atoms with E-state index in [1.54, 1.807) is 11.3 Å². The SMILES string of the molecule is CC(C)CCOCc1cccc(-c2nc(CCN)cs2)c1. The minimum atomic E-state index is 0.646. The van der Waals surface area contributed by atoms with E-state index in [9.17, 15) is 0 Å². The van der Waals surface area contributed by atoms with Crippen LogP contribution in [0.15, 0.2) is 29.6 Å². The zero-order chi connectivity index (χ0) is 15.1. The summed E-state index contributed by atoms with van der Waals surface area (Å²) < 4.78 is 5.73. The average molecular weight is 304 g/mol. The molecule has 0 bridgehead atoms. The standard InChI is InChI=1S/C17H24N2OS/c1-13(2)7-9-20-11-14-4-3-5-15(10-14)17-19-16(6-8-18)12-21-17/h3-5,10,12-13H,6-9,11,18H2,1-2H3. The van der Waals surface area contributed by atoms with Gasteiger partial charge in [0.1, 0.15) is 5.01 Å². The number of ether oxygens (including phenoxy) is 1. The molecule has 114 valence electrons. The predicted molar refractivity (Wildman–Crippen MR) is 89.4 cm³/mol. The molecule has 2 aromatic rings. The Morgan fingerprint density at radius 3 is 2.95 bits per heavy atom. The molecular weight excluding hydrogens is 280 g/mol. The molecule has 0 aliphatic rings. The molecule has 0 unspecified atom stereocenters. The zero-order valence-corrected chi connectivity index (χ0v) is 13.7. The molecule has 0 saturated heterocycles. The molecule has 2 N–H and O–H groups in total. The number of benzene rings is 1. The summed E-state index contributed by atoms with van der Waals surface area (Å²) >= 11 is 1.68. The number of aromatic nitrogens is 1. The van der Waals surface area contributed by atoms with Gasteiger partial charge in [0.15, 0.2) is 0 Å². The third-order valence-electron chi connectivity index (χ3n) is 3.23. The first kappa shape index (κ1) is 16.1. The van der Waals surface area contributed by atoms with Gasteiger partial charge in [0.2, 0.25) is 0 Å². The maximum Gasteiger partial charge on any atom is 0.123 e. The molecule has 4 heteroatoms. The Morgan fingerprint density at radius 1 is 1.33 bits per heavy atom. The number of rotatable bonds is 8. The number of hydrogen-bond acceptors (Lipinski definition) is 4. The van der Waals surface area contributed by atoms with Gasteiger partial charge in [0.25, 0.3) is 0 Å². The predicted octanol–water partition coefficient (Wildman–Crippen LogP) is 3.87. The van der Waals surface area contributed by atoms with Crippen molar-refractivity contribution >= 4 is 11.3 Å². The fourth-order valence-electron chi connectivity index (χ4n) is 2.01. The fourth-order valence-corrected chi connectivity index (χ4v) is 2.86. The normalized spacial score (nSPS) is 11.2. The van der Waals surface area contributed by atoms with Crippen molar-refractivity contribution in [2.75, 3.05) is 13.2 Å². The minimum absolute atomic E-state index is 0.646. The number of nitrogens with zero attached hydrogens (tertiary/aromatic N) is 1. The molecule has 0 saturated carbocycles. The monoisotopic (exact) mass is 304 g/mol. The van der Waals surface area contributed by atoms with E-state index in [-0.39, 0.29) is 0 Å². The summed E-state index contributed by atoms with van der Waals surface area (Å²) in [5, 5.41) is 3.15. The van der Waals surface area contributed by atoms with Gasteiger partial charge in [0.05, 0.1) is 12.3 Å². The maximum atomic E-state index is 5.73. The Bertz CT molecular complexity index is 551. The van der Waals surface area contributed by atoms with Crippen LogP contribution in [0.1, 0.15) is 31.5 Å². The quantitative estimate of drug-likeness (QED) is 0.753. The van der Waals surface area contributed by atoms with Crippen molar-refractivity contribution in [1.82, 2.24) is 4.98 Å². The van der Waals surface area contributed by atoms with Crippen LogP contribution >= 0.6 is 11.3 Å². The first-order valence-electron chi connectivity index (χ1n) is 7.50. The van der Waals surface area contributed by atoms with Crippen molar-refractivity contribution in [1.29, 1.82) is 0 Å². The van der Waals surface area contributed by atoms with E-state index in [1.165, 1.54) is 5.56 Å². The lowest BCUT2D eigenvalue weighted by atomic mass is 10.1. The molecule has 1 heterocycles. The highest BCUT2D eigenvalue weighted by atomic mass is 32.1. The van der Waals surface area contributed by atoms with Crippen molar-refractivity contribution in [3.63, 3.8) is 0 Å². The van der Waals surface area contributed by atoms with Gasteiger partial charge in [-0.05, 0) is 30.5 Å². The molecule has 0 atom stereocenters. The molecule has 0 fully saturated rings. The third-order valence-corrected chi connectivity index (χ3v) is 4.17. The summed E-state index contributed by atoms with van der Waals surface area (Å²) in [5.41, 5.74) is 9.01. The lowest BCUT2D eigenvalue weighted by Gasteiger charge is -2.07. The van der Waals surface area contributed by atoms with E-state index in [4.69, 9.17) is 10.5 Å². The molecule has 0 spiro atoms. The lowest BCUT2D eigenvalue weighted by molar-refractivity contribution is 0.111. The molecule has 0 amide bonds. The van der Waals surface area contributed by atoms with Crippen molar-refractivity contribution in [3.05, 3.63) is 40.9 Å². The summed E-state index contributed by atoms with van der Waals surface area (Å²) in [6, 6.07) is 8.44. The summed E-state index contributed by atoms with van der Waals surface area (Å²) in [7, 11) is 0. The number of nitrogens with two attached hydrogens (primary N) is 1. The van der Waals surface area contributed by atoms with Crippen LogP contribution in [0.3, 0.4) is 0 Å². The van der Waals surface area contributed by atoms with Gasteiger partial charge < -0.3 is 10.5 Å². The first-order valence-corrected chi connectivity index (χ1v) is 8.38. The molecule has 1 aromatic heterocycles. The molecule has 0 aliphatic heterocycles. The topological polar surface area (TPSA) is 48.1 Å². The zero-order valence-electron chi connectivity index (χ0n) is 12.8. The smallest absolute Gasteiger partial charge is 0.123 e. The van der Waals surface area contributed by atoms with Crippen molar-refractivity contribution < 1.29 is 4.74 Å². The van der Waals surface area contributed by atoms with E-state index in [1.807, 2.05) is 0 Å². The molecule has 2 rings (SSSR count). The highest BCUT2D eigenvalue weighted by Crippen LogP contribution is 2.25. The van der Waals surface area contributed by atoms with Crippen molar-refractivity contribution in [3.8, 4) is 10.6 Å². The molecule has 0 radical (unpaired) electrons. The second kappa shape index (κ2) is 8.27. The van der Waals surface area contributed by atoms with Crippen LogP contribution in [-0.2, 0) is 17.8 Å². The third kappa shape index (κ3) is 5.23. The van der Waals surface area contributed by atoms with Gasteiger partial charge in [-0.25, -0.2) is 4.98 Å². The lowest BCUT2D eigenvalue weighted by Crippen LogP contribution is -2.02. The molecule has 3 nitrogen and oxygen atoms in total. The van der Waals surface area contributed by atoms with E-state index in [0.717, 1.165) is 35.7 Å². The molecule has 21 heavy (non-hydrogen) atoms. The Morgan fingerprint density at radius 2 is 2.19 bits per heavy atom. The van der Waals surface area contributed by atoms with Crippen LogP contribution in [0.25, 0.3) is 10.6 Å². The fraction of sp³-hybridized carbons (Fsp3) is 0.471. The minimum Gasteiger partial charge on any atom is -0.377 e. The first-order chi connectivity index (χ1) is 10.2. The Kier molecular flexibility index (Phi) is 6.36. The van der Waals surface area contributed by atoms with E-state index in [2.05, 4.69) is 48.5 Å². The molecule has 1 aromatic carbocycles. The second-order valence-corrected chi connectivity index (χ2v) is 6.48. The van der Waals surface area contributed by atoms with Crippen molar-refractivity contribution in [2.24, 2.45) is 11.7 Å². The van der Waals surface area contributed by atoms with Crippen LogP contribution in [0.5, 0.6) is 0 Å². The Labute approximate surface area is 131 Å². The van der Waals surface area contributed by atoms with Gasteiger partial charge in [-0.2, -0.15) is 0 Å². The highest BCUT2D eigenvalue weighted by molar-refractivity contribution is 7.13. The van der Waals surface area contributed by atoms with E-state index >= 15 is 0 Å². The van der Waals surface area contributed by atoms with Gasteiger partial charge in [-0.3, -0.25) is 0 Å². The number of hydrogen-bond donors (Lipinski definition) is 1. The van der Waals surface area contributed by atoms with E-state index < -0.39 is 0 Å². The van der Waals surface area contributed by atoms with Crippen LogP contribution in [0.2, 0.25) is 0 Å². The number of thiazole rings is 1. The van der Waals surface area contributed by atoms with Gasteiger partial charge in [-0.15, -0.1) is 11.3 Å². The van der Waals surface area contributed by atoms with Gasteiger partial charge >= 0.3 is 0 Å². The van der Waals surface area contributed by atoms with Crippen LogP contribution in [-0.4, -0.2) is 18.1 Å². The highest BCUT2D eigenvalue weighted by Gasteiger charge is 2.05. The molecular formula is C17H24N2OS. The van der Waals surface area contributed by atoms with Crippen LogP contribution < -0.4 is 5.73 Å². The summed E-state index contributed by atoms with van der Waals surface area (Å²) in [4.78, 5) is 4.63. The largest absolute Gasteiger partial charge is 0.377 e. The van der Waals surface area contributed by atoms with E-state index in [0.29, 0.717) is 19.1 Å². The van der Waals surface area contributed by atoms with Crippen LogP contribution in [0.4, 0.5) is 0 Å². The van der Waals surface area contributed by atoms with Crippen LogP contribution in [0, 0.1) is 5.92 Å². The van der Waals surface area contributed by atoms with Crippen molar-refractivity contribution in [2.45, 2.75) is 33.3 Å². The Balaban J connectivity index is 1.96. The molecule has 0 aliphatic carbocycles. The summed E-state index contributed by atoms with van der Waals surface area (Å²) in [6.45, 7) is 6.56. The average Bonchev–Trinajstić information content (AvgIpc) is 2.93. The summed E-state index contributed by atoms with van der Waals surface area (Å²) in [6.07, 6.45) is 1.95. The summed E-state index contributed by atoms with van der Waals surface area (Å²) in [5.74, 6) is 0.688. The maximum absolute atomic E-state index is 5.73. The Hall–Kier alpha value is -1.23. The van der Waals surface area contributed by atoms with Gasteiger partial charge in [0, 0.05) is 24.0 Å². The second-order valence-electron chi connectivity index (χ2n) is 5.62. The van der Waals surface area contributed by atoms with Gasteiger partial charge in [-0.1, -0.05) is 32.0 Å².